The van der Waals surface area contributed by atoms with Gasteiger partial charge in [0.15, 0.2) is 0 Å². The Morgan fingerprint density at radius 3 is 2.15 bits per heavy atom. The van der Waals surface area contributed by atoms with E-state index in [1.807, 2.05) is 56.3 Å². The van der Waals surface area contributed by atoms with E-state index in [1.165, 1.54) is 0 Å². The van der Waals surface area contributed by atoms with Gasteiger partial charge in [0.1, 0.15) is 6.04 Å². The number of benzene rings is 2. The van der Waals surface area contributed by atoms with E-state index in [0.717, 1.165) is 21.9 Å². The van der Waals surface area contributed by atoms with Crippen molar-refractivity contribution < 1.29 is 27.9 Å². The molecule has 0 aliphatic heterocycles. The molecule has 0 fully saturated rings. The number of aromatic nitrogens is 1. The Kier molecular flexibility index (Phi) is 10.5. The van der Waals surface area contributed by atoms with Crippen LogP contribution in [0.5, 0.6) is 0 Å². The fraction of sp³-hybridized carbons (Fsp3) is 0.387. The molecule has 1 heterocycles. The Labute approximate surface area is 237 Å². The number of nitrogens with one attached hydrogen (secondary N) is 1. The highest BCUT2D eigenvalue weighted by atomic mass is 19.4. The van der Waals surface area contributed by atoms with Gasteiger partial charge in [-0.1, -0.05) is 68.4 Å². The minimum absolute atomic E-state index is 0.0214. The van der Waals surface area contributed by atoms with E-state index in [4.69, 9.17) is 0 Å². The molecule has 0 aliphatic carbocycles. The molecular weight excluding hydrogens is 535 g/mol. The Morgan fingerprint density at radius 1 is 1.00 bits per heavy atom. The maximum absolute atomic E-state index is 13.8. The summed E-state index contributed by atoms with van der Waals surface area (Å²) < 4.78 is 42.4. The van der Waals surface area contributed by atoms with Crippen LogP contribution in [-0.4, -0.2) is 47.1 Å². The molecule has 0 saturated heterocycles. The van der Waals surface area contributed by atoms with Crippen LogP contribution in [0.25, 0.3) is 11.1 Å². The summed E-state index contributed by atoms with van der Waals surface area (Å²) in [5, 5.41) is 12.3. The van der Waals surface area contributed by atoms with Gasteiger partial charge in [0.25, 0.3) is 5.56 Å². The third-order valence-corrected chi connectivity index (χ3v) is 6.75. The number of nitrogens with zero attached hydrogens (tertiary/aromatic N) is 2. The smallest absolute Gasteiger partial charge is 0.416 e. The second kappa shape index (κ2) is 13.6. The minimum Gasteiger partial charge on any atom is -0.481 e. The summed E-state index contributed by atoms with van der Waals surface area (Å²) in [7, 11) is 3.46. The second-order valence-corrected chi connectivity index (χ2v) is 10.8. The van der Waals surface area contributed by atoms with Crippen LogP contribution < -0.4 is 10.9 Å². The summed E-state index contributed by atoms with van der Waals surface area (Å²) in [6, 6.07) is 15.2. The van der Waals surface area contributed by atoms with Crippen LogP contribution in [0.4, 0.5) is 13.2 Å². The van der Waals surface area contributed by atoms with Crippen molar-refractivity contribution in [2.24, 2.45) is 5.92 Å². The van der Waals surface area contributed by atoms with Crippen molar-refractivity contribution >= 4 is 11.9 Å². The Hall–Kier alpha value is -3.92. The number of carboxylic acid groups (broad SMARTS) is 1. The van der Waals surface area contributed by atoms with Crippen molar-refractivity contribution in [3.8, 4) is 11.1 Å². The standard InChI is InChI=1S/C31H36F3N3O4/c1-20(2)16-27(37-19-24(14-15-36(3)4)25(17-28(37)38)31(32,33)34)30(41)35-26(18-29(39)40)23-12-10-22(11-13-23)21-8-6-5-7-9-21/h5-13,17,19-20,26-27H,14-16,18H2,1-4H3,(H,35,41)(H,39,40)/t26-,27-/m0/s1. The lowest BCUT2D eigenvalue weighted by molar-refractivity contribution is -0.139. The zero-order valence-corrected chi connectivity index (χ0v) is 23.6. The molecule has 3 aromatic rings. The third-order valence-electron chi connectivity index (χ3n) is 6.75. The molecule has 0 radical (unpaired) electrons. The number of carboxylic acids is 1. The first-order valence-corrected chi connectivity index (χ1v) is 13.4. The first kappa shape index (κ1) is 31.6. The molecule has 2 atom stereocenters. The average molecular weight is 572 g/mol. The third kappa shape index (κ3) is 8.78. The van der Waals surface area contributed by atoms with E-state index in [-0.39, 0.29) is 24.3 Å². The molecule has 2 aromatic carbocycles. The lowest BCUT2D eigenvalue weighted by Gasteiger charge is -2.26. The van der Waals surface area contributed by atoms with Gasteiger partial charge in [0.05, 0.1) is 18.0 Å². The molecule has 0 unspecified atom stereocenters. The lowest BCUT2D eigenvalue weighted by Crippen LogP contribution is -2.40. The Bertz CT molecular complexity index is 1380. The predicted octanol–water partition coefficient (Wildman–Crippen LogP) is 5.56. The number of alkyl halides is 3. The minimum atomic E-state index is -4.73. The summed E-state index contributed by atoms with van der Waals surface area (Å²) in [5.74, 6) is -1.87. The average Bonchev–Trinajstić information content (AvgIpc) is 2.90. The van der Waals surface area contributed by atoms with Crippen LogP contribution in [0.2, 0.25) is 0 Å². The van der Waals surface area contributed by atoms with Crippen LogP contribution in [0, 0.1) is 5.92 Å². The molecule has 3 rings (SSSR count). The van der Waals surface area contributed by atoms with E-state index in [1.54, 1.807) is 31.1 Å². The van der Waals surface area contributed by atoms with Crippen molar-refractivity contribution in [3.63, 3.8) is 0 Å². The number of halogens is 3. The van der Waals surface area contributed by atoms with Gasteiger partial charge >= 0.3 is 12.1 Å². The van der Waals surface area contributed by atoms with Crippen LogP contribution in [0.1, 0.15) is 55.5 Å². The molecule has 0 aliphatic rings. The molecule has 1 amide bonds. The molecule has 41 heavy (non-hydrogen) atoms. The number of carbonyl (C=O) groups excluding carboxylic acids is 1. The van der Waals surface area contributed by atoms with Crippen molar-refractivity contribution in [2.45, 2.75) is 51.4 Å². The summed E-state index contributed by atoms with van der Waals surface area (Å²) in [6.07, 6.45) is -3.83. The van der Waals surface area contributed by atoms with E-state index < -0.39 is 47.7 Å². The van der Waals surface area contributed by atoms with Gasteiger partial charge in [-0.05, 0) is 55.1 Å². The molecule has 0 bridgehead atoms. The molecule has 10 heteroatoms. The van der Waals surface area contributed by atoms with E-state index >= 15 is 0 Å². The zero-order valence-electron chi connectivity index (χ0n) is 23.6. The fourth-order valence-corrected chi connectivity index (χ4v) is 4.67. The number of hydrogen-bond acceptors (Lipinski definition) is 4. The van der Waals surface area contributed by atoms with Crippen LogP contribution >= 0.6 is 0 Å². The summed E-state index contributed by atoms with van der Waals surface area (Å²) >= 11 is 0. The van der Waals surface area contributed by atoms with Gasteiger partial charge in [0.2, 0.25) is 5.91 Å². The number of aliphatic carboxylic acids is 1. The van der Waals surface area contributed by atoms with Crippen LogP contribution in [-0.2, 0) is 22.2 Å². The largest absolute Gasteiger partial charge is 0.481 e. The highest BCUT2D eigenvalue weighted by Crippen LogP contribution is 2.32. The number of hydrogen-bond donors (Lipinski definition) is 2. The highest BCUT2D eigenvalue weighted by Gasteiger charge is 2.35. The van der Waals surface area contributed by atoms with Gasteiger partial charge < -0.3 is 19.9 Å². The molecule has 220 valence electrons. The summed E-state index contributed by atoms with van der Waals surface area (Å²) in [6.45, 7) is 3.97. The van der Waals surface area contributed by atoms with Gasteiger partial charge in [-0.3, -0.25) is 14.4 Å². The Balaban J connectivity index is 1.98. The molecule has 7 nitrogen and oxygen atoms in total. The topological polar surface area (TPSA) is 91.6 Å². The maximum Gasteiger partial charge on any atom is 0.416 e. The number of pyridine rings is 1. The van der Waals surface area contributed by atoms with Gasteiger partial charge in [-0.2, -0.15) is 13.2 Å². The summed E-state index contributed by atoms with van der Waals surface area (Å²) in [5.41, 5.74) is 0.372. The van der Waals surface area contributed by atoms with Crippen molar-refractivity contribution in [1.29, 1.82) is 0 Å². The van der Waals surface area contributed by atoms with E-state index in [2.05, 4.69) is 5.32 Å². The lowest BCUT2D eigenvalue weighted by atomic mass is 9.97. The van der Waals surface area contributed by atoms with Gasteiger partial charge in [-0.15, -0.1) is 0 Å². The molecule has 0 saturated carbocycles. The van der Waals surface area contributed by atoms with Crippen LogP contribution in [0.3, 0.4) is 0 Å². The molecular formula is C31H36F3N3O4. The molecule has 1 aromatic heterocycles. The number of amides is 1. The van der Waals surface area contributed by atoms with Gasteiger partial charge in [0, 0.05) is 18.8 Å². The predicted molar refractivity (Wildman–Crippen MR) is 151 cm³/mol. The first-order chi connectivity index (χ1) is 19.3. The van der Waals surface area contributed by atoms with E-state index in [9.17, 15) is 32.7 Å². The Morgan fingerprint density at radius 2 is 1.61 bits per heavy atom. The van der Waals surface area contributed by atoms with Crippen molar-refractivity contribution in [1.82, 2.24) is 14.8 Å². The second-order valence-electron chi connectivity index (χ2n) is 10.8. The SMILES string of the molecule is CC(C)C[C@@H](C(=O)N[C@@H](CC(=O)O)c1ccc(-c2ccccc2)cc1)n1cc(CCN(C)C)c(C(F)(F)F)cc1=O. The number of carbonyl (C=O) groups is 2. The highest BCUT2D eigenvalue weighted by molar-refractivity contribution is 5.81. The number of likely N-dealkylation sites (N-methyl/N-ethyl adjacent to an activating group) is 1. The normalized spacial score (nSPS) is 13.3. The van der Waals surface area contributed by atoms with E-state index in [0.29, 0.717) is 18.2 Å². The van der Waals surface area contributed by atoms with Crippen molar-refractivity contribution in [3.05, 3.63) is 93.9 Å². The first-order valence-electron chi connectivity index (χ1n) is 13.4. The zero-order chi connectivity index (χ0) is 30.3. The molecule has 2 N–H and O–H groups in total. The maximum atomic E-state index is 13.8. The monoisotopic (exact) mass is 571 g/mol. The number of rotatable bonds is 12. The summed E-state index contributed by atoms with van der Waals surface area (Å²) in [4.78, 5) is 40.1. The van der Waals surface area contributed by atoms with Gasteiger partial charge in [-0.25, -0.2) is 0 Å². The fourth-order valence-electron chi connectivity index (χ4n) is 4.67. The van der Waals surface area contributed by atoms with Crippen molar-refractivity contribution in [2.75, 3.05) is 20.6 Å². The quantitative estimate of drug-likeness (QED) is 0.297. The molecule has 0 spiro atoms. The van der Waals surface area contributed by atoms with Crippen LogP contribution in [0.15, 0.2) is 71.7 Å².